The lowest BCUT2D eigenvalue weighted by molar-refractivity contribution is -0.129. The van der Waals surface area contributed by atoms with Gasteiger partial charge in [-0.1, -0.05) is 20.8 Å². The molecular weight excluding hydrogens is 260 g/mol. The van der Waals surface area contributed by atoms with E-state index in [0.29, 0.717) is 32.6 Å². The molecule has 1 aliphatic heterocycles. The molecule has 6 nitrogen and oxygen atoms in total. The van der Waals surface area contributed by atoms with E-state index in [1.54, 1.807) is 0 Å². The number of nitrogens with one attached hydrogen (secondary N) is 2. The summed E-state index contributed by atoms with van der Waals surface area (Å²) in [7, 11) is 0. The van der Waals surface area contributed by atoms with Crippen LogP contribution >= 0.6 is 0 Å². The van der Waals surface area contributed by atoms with Crippen LogP contribution in [0.4, 0.5) is 0 Å². The molecule has 116 valence electrons. The summed E-state index contributed by atoms with van der Waals surface area (Å²) >= 11 is 0. The van der Waals surface area contributed by atoms with E-state index in [9.17, 15) is 14.7 Å². The normalized spacial score (nSPS) is 18.4. The molecule has 0 aromatic carbocycles. The van der Waals surface area contributed by atoms with Gasteiger partial charge >= 0.3 is 0 Å². The third-order valence-corrected chi connectivity index (χ3v) is 3.48. The zero-order chi connectivity index (χ0) is 15.2. The summed E-state index contributed by atoms with van der Waals surface area (Å²) in [6, 6.07) is 0. The quantitative estimate of drug-likeness (QED) is 0.673. The van der Waals surface area contributed by atoms with Crippen molar-refractivity contribution in [1.29, 1.82) is 0 Å². The van der Waals surface area contributed by atoms with Crippen molar-refractivity contribution in [2.24, 2.45) is 5.41 Å². The lowest BCUT2D eigenvalue weighted by Crippen LogP contribution is -2.55. The molecule has 0 radical (unpaired) electrons. The van der Waals surface area contributed by atoms with Crippen molar-refractivity contribution >= 4 is 11.8 Å². The fraction of sp³-hybridized carbons (Fsp3) is 0.857. The van der Waals surface area contributed by atoms with E-state index in [1.807, 2.05) is 20.8 Å². The van der Waals surface area contributed by atoms with Crippen LogP contribution in [0.3, 0.4) is 0 Å². The first-order valence-electron chi connectivity index (χ1n) is 7.07. The number of amides is 2. The second-order valence-corrected chi connectivity index (χ2v) is 6.35. The minimum Gasteiger partial charge on any atom is -0.394 e. The van der Waals surface area contributed by atoms with E-state index < -0.39 is 11.0 Å². The Hall–Kier alpha value is -1.14. The molecule has 0 bridgehead atoms. The molecule has 0 saturated carbocycles. The Morgan fingerprint density at radius 1 is 1.25 bits per heavy atom. The molecule has 2 amide bonds. The van der Waals surface area contributed by atoms with Crippen molar-refractivity contribution in [3.63, 3.8) is 0 Å². The van der Waals surface area contributed by atoms with E-state index in [2.05, 4.69) is 10.6 Å². The number of aliphatic hydroxyl groups is 1. The summed E-state index contributed by atoms with van der Waals surface area (Å²) in [5.41, 5.74) is -1.02. The Morgan fingerprint density at radius 3 is 2.35 bits per heavy atom. The maximum absolute atomic E-state index is 11.9. The molecular formula is C14H26N2O4. The van der Waals surface area contributed by atoms with Gasteiger partial charge in [0.05, 0.1) is 12.1 Å². The Bertz CT molecular complexity index is 344. The predicted octanol–water partition coefficient (Wildman–Crippen LogP) is 0.197. The predicted molar refractivity (Wildman–Crippen MR) is 75.1 cm³/mol. The van der Waals surface area contributed by atoms with Gasteiger partial charge in [0, 0.05) is 31.6 Å². The highest BCUT2D eigenvalue weighted by molar-refractivity contribution is 5.82. The third kappa shape index (κ3) is 5.09. The van der Waals surface area contributed by atoms with Gasteiger partial charge in [-0.25, -0.2) is 0 Å². The molecule has 0 aromatic heterocycles. The molecule has 1 saturated heterocycles. The molecule has 0 aliphatic carbocycles. The minimum absolute atomic E-state index is 0.0757. The van der Waals surface area contributed by atoms with Gasteiger partial charge in [-0.05, 0) is 12.8 Å². The van der Waals surface area contributed by atoms with Crippen LogP contribution in [0.2, 0.25) is 0 Å². The van der Waals surface area contributed by atoms with Gasteiger partial charge in [-0.15, -0.1) is 0 Å². The first kappa shape index (κ1) is 16.9. The fourth-order valence-corrected chi connectivity index (χ4v) is 2.00. The van der Waals surface area contributed by atoms with Crippen LogP contribution in [-0.2, 0) is 14.3 Å². The Labute approximate surface area is 120 Å². The van der Waals surface area contributed by atoms with Crippen LogP contribution in [0.1, 0.15) is 40.0 Å². The average molecular weight is 286 g/mol. The zero-order valence-electron chi connectivity index (χ0n) is 12.6. The Morgan fingerprint density at radius 2 is 1.85 bits per heavy atom. The number of carbonyl (C=O) groups excluding carboxylic acids is 2. The first-order valence-corrected chi connectivity index (χ1v) is 7.07. The van der Waals surface area contributed by atoms with Crippen molar-refractivity contribution < 1.29 is 19.4 Å². The van der Waals surface area contributed by atoms with Gasteiger partial charge in [0.1, 0.15) is 0 Å². The molecule has 1 rings (SSSR count). The molecule has 20 heavy (non-hydrogen) atoms. The Balaban J connectivity index is 2.34. The maximum atomic E-state index is 11.9. The van der Waals surface area contributed by atoms with Gasteiger partial charge in [-0.2, -0.15) is 0 Å². The summed E-state index contributed by atoms with van der Waals surface area (Å²) in [4.78, 5) is 23.5. The molecule has 0 spiro atoms. The molecule has 3 N–H and O–H groups in total. The van der Waals surface area contributed by atoms with Crippen LogP contribution in [0, 0.1) is 5.41 Å². The van der Waals surface area contributed by atoms with Crippen LogP contribution in [0.25, 0.3) is 0 Å². The van der Waals surface area contributed by atoms with Crippen LogP contribution < -0.4 is 10.6 Å². The monoisotopic (exact) mass is 286 g/mol. The van der Waals surface area contributed by atoms with Crippen molar-refractivity contribution in [3.05, 3.63) is 0 Å². The molecule has 0 aromatic rings. The highest BCUT2D eigenvalue weighted by Crippen LogP contribution is 2.20. The van der Waals surface area contributed by atoms with Crippen LogP contribution in [0.5, 0.6) is 0 Å². The van der Waals surface area contributed by atoms with Gasteiger partial charge < -0.3 is 20.5 Å². The second kappa shape index (κ2) is 7.04. The number of ether oxygens (including phenoxy) is 1. The molecule has 6 heteroatoms. The summed E-state index contributed by atoms with van der Waals surface area (Å²) < 4.78 is 5.24. The molecule has 0 unspecified atom stereocenters. The van der Waals surface area contributed by atoms with Gasteiger partial charge in [0.2, 0.25) is 11.8 Å². The van der Waals surface area contributed by atoms with Gasteiger partial charge in [0.15, 0.2) is 0 Å². The van der Waals surface area contributed by atoms with E-state index in [1.165, 1.54) is 0 Å². The number of aliphatic hydroxyl groups excluding tert-OH is 1. The SMILES string of the molecule is CC(C)(C)C(=O)NCCC(=O)NC1(CO)CCOCC1. The third-order valence-electron chi connectivity index (χ3n) is 3.48. The highest BCUT2D eigenvalue weighted by Gasteiger charge is 2.33. The van der Waals surface area contributed by atoms with E-state index in [0.717, 1.165) is 0 Å². The lowest BCUT2D eigenvalue weighted by atomic mass is 9.91. The van der Waals surface area contributed by atoms with Crippen LogP contribution in [0.15, 0.2) is 0 Å². The highest BCUT2D eigenvalue weighted by atomic mass is 16.5. The summed E-state index contributed by atoms with van der Waals surface area (Å²) in [5.74, 6) is -0.233. The van der Waals surface area contributed by atoms with E-state index >= 15 is 0 Å². The smallest absolute Gasteiger partial charge is 0.225 e. The maximum Gasteiger partial charge on any atom is 0.225 e. The average Bonchev–Trinajstić information content (AvgIpc) is 2.38. The topological polar surface area (TPSA) is 87.7 Å². The van der Waals surface area contributed by atoms with E-state index in [-0.39, 0.29) is 24.8 Å². The number of hydrogen-bond donors (Lipinski definition) is 3. The second-order valence-electron chi connectivity index (χ2n) is 6.35. The summed E-state index contributed by atoms with van der Waals surface area (Å²) in [6.07, 6.45) is 1.44. The Kier molecular flexibility index (Phi) is 5.95. The fourth-order valence-electron chi connectivity index (χ4n) is 2.00. The lowest BCUT2D eigenvalue weighted by Gasteiger charge is -2.36. The first-order chi connectivity index (χ1) is 9.29. The molecule has 1 heterocycles. The van der Waals surface area contributed by atoms with Crippen molar-refractivity contribution in [3.8, 4) is 0 Å². The summed E-state index contributed by atoms with van der Waals surface area (Å²) in [6.45, 7) is 6.78. The van der Waals surface area contributed by atoms with Crippen molar-refractivity contribution in [1.82, 2.24) is 10.6 Å². The minimum atomic E-state index is -0.566. The van der Waals surface area contributed by atoms with Crippen molar-refractivity contribution in [2.45, 2.75) is 45.6 Å². The number of rotatable bonds is 5. The number of hydrogen-bond acceptors (Lipinski definition) is 4. The largest absolute Gasteiger partial charge is 0.394 e. The van der Waals surface area contributed by atoms with Gasteiger partial charge in [-0.3, -0.25) is 9.59 Å². The number of carbonyl (C=O) groups is 2. The zero-order valence-corrected chi connectivity index (χ0v) is 12.6. The van der Waals surface area contributed by atoms with Crippen LogP contribution in [-0.4, -0.2) is 48.8 Å². The summed E-state index contributed by atoms with van der Waals surface area (Å²) in [5, 5.41) is 15.1. The van der Waals surface area contributed by atoms with E-state index in [4.69, 9.17) is 4.74 Å². The van der Waals surface area contributed by atoms with Crippen molar-refractivity contribution in [2.75, 3.05) is 26.4 Å². The standard InChI is InChI=1S/C14H26N2O4/c1-13(2,3)12(19)15-7-4-11(18)16-14(10-17)5-8-20-9-6-14/h17H,4-10H2,1-3H3,(H,15,19)(H,16,18). The molecule has 1 aliphatic rings. The van der Waals surface area contributed by atoms with Gasteiger partial charge in [0.25, 0.3) is 0 Å². The molecule has 1 fully saturated rings. The molecule has 0 atom stereocenters.